The summed E-state index contributed by atoms with van der Waals surface area (Å²) in [4.78, 5) is 0. The van der Waals surface area contributed by atoms with Gasteiger partial charge in [0, 0.05) is 5.39 Å². The van der Waals surface area contributed by atoms with Crippen LogP contribution in [0.25, 0.3) is 16.8 Å². The molecule has 0 heterocycles. The normalized spacial score (nSPS) is 10.2. The Morgan fingerprint density at radius 1 is 1.15 bits per heavy atom. The van der Waals surface area contributed by atoms with Gasteiger partial charge in [-0.1, -0.05) is 36.9 Å². The zero-order valence-corrected chi connectivity index (χ0v) is 7.20. The van der Waals surface area contributed by atoms with E-state index in [0.29, 0.717) is 5.75 Å². The maximum atomic E-state index is 9.64. The number of benzene rings is 2. The highest BCUT2D eigenvalue weighted by atomic mass is 16.3. The number of hydrogen-bond donors (Lipinski definition) is 1. The molecule has 1 heteroatoms. The minimum Gasteiger partial charge on any atom is -0.507 e. The molecule has 0 unspecified atom stereocenters. The van der Waals surface area contributed by atoms with Crippen LogP contribution in [-0.2, 0) is 0 Å². The predicted molar refractivity (Wildman–Crippen MR) is 55.7 cm³/mol. The van der Waals surface area contributed by atoms with Crippen LogP contribution >= 0.6 is 0 Å². The largest absolute Gasteiger partial charge is 0.507 e. The number of phenolic OH excluding ortho intramolecular Hbond substituents is 1. The van der Waals surface area contributed by atoms with Crippen LogP contribution in [0.15, 0.2) is 43.0 Å². The summed E-state index contributed by atoms with van der Waals surface area (Å²) >= 11 is 0. The first-order chi connectivity index (χ1) is 6.31. The molecule has 0 bridgehead atoms. The van der Waals surface area contributed by atoms with Crippen molar-refractivity contribution in [3.8, 4) is 5.75 Å². The number of hydrogen-bond acceptors (Lipinski definition) is 1. The average Bonchev–Trinajstić information content (AvgIpc) is 2.18. The maximum absolute atomic E-state index is 9.64. The molecular weight excluding hydrogens is 160 g/mol. The zero-order chi connectivity index (χ0) is 9.26. The zero-order valence-electron chi connectivity index (χ0n) is 7.20. The van der Waals surface area contributed by atoms with Gasteiger partial charge in [0.05, 0.1) is 0 Å². The highest BCUT2D eigenvalue weighted by Gasteiger charge is 1.99. The summed E-state index contributed by atoms with van der Waals surface area (Å²) in [5.74, 6) is 0.313. The molecule has 2 aromatic rings. The third kappa shape index (κ3) is 1.29. The van der Waals surface area contributed by atoms with Gasteiger partial charge in [-0.25, -0.2) is 0 Å². The lowest BCUT2D eigenvalue weighted by atomic mass is 10.1. The molecule has 0 atom stereocenters. The van der Waals surface area contributed by atoms with Crippen molar-refractivity contribution in [1.29, 1.82) is 0 Å². The second-order valence-electron chi connectivity index (χ2n) is 2.97. The first-order valence-corrected chi connectivity index (χ1v) is 4.15. The Labute approximate surface area is 76.9 Å². The highest BCUT2D eigenvalue weighted by Crippen LogP contribution is 2.26. The first-order valence-electron chi connectivity index (χ1n) is 4.15. The van der Waals surface area contributed by atoms with Crippen molar-refractivity contribution in [2.75, 3.05) is 0 Å². The molecule has 0 saturated carbocycles. The third-order valence-electron chi connectivity index (χ3n) is 2.10. The number of rotatable bonds is 1. The monoisotopic (exact) mass is 170 g/mol. The Morgan fingerprint density at radius 2 is 1.92 bits per heavy atom. The Hall–Kier alpha value is -1.76. The summed E-state index contributed by atoms with van der Waals surface area (Å²) < 4.78 is 0. The summed E-state index contributed by atoms with van der Waals surface area (Å²) in [6.07, 6.45) is 1.73. The summed E-state index contributed by atoms with van der Waals surface area (Å²) in [6.45, 7) is 3.67. The van der Waals surface area contributed by atoms with E-state index in [1.165, 1.54) is 0 Å². The van der Waals surface area contributed by atoms with Crippen LogP contribution in [0.3, 0.4) is 0 Å². The lowest BCUT2D eigenvalue weighted by molar-refractivity contribution is 0.481. The van der Waals surface area contributed by atoms with E-state index in [1.54, 1.807) is 12.1 Å². The molecule has 13 heavy (non-hydrogen) atoms. The van der Waals surface area contributed by atoms with E-state index >= 15 is 0 Å². The quantitative estimate of drug-likeness (QED) is 0.696. The molecule has 0 spiro atoms. The molecule has 0 radical (unpaired) electrons. The van der Waals surface area contributed by atoms with Crippen molar-refractivity contribution >= 4 is 16.8 Å². The first kappa shape index (κ1) is 7.87. The van der Waals surface area contributed by atoms with Crippen LogP contribution in [0, 0.1) is 0 Å². The topological polar surface area (TPSA) is 20.2 Å². The van der Waals surface area contributed by atoms with Crippen LogP contribution in [0.4, 0.5) is 0 Å². The molecule has 0 amide bonds. The van der Waals surface area contributed by atoms with E-state index in [9.17, 15) is 5.11 Å². The molecular formula is C12H10O. The smallest absolute Gasteiger partial charge is 0.123 e. The van der Waals surface area contributed by atoms with Crippen LogP contribution in [0.1, 0.15) is 5.56 Å². The molecule has 1 N–H and O–H groups in total. The fourth-order valence-electron chi connectivity index (χ4n) is 1.43. The second-order valence-corrected chi connectivity index (χ2v) is 2.97. The van der Waals surface area contributed by atoms with Crippen LogP contribution < -0.4 is 0 Å². The van der Waals surface area contributed by atoms with Gasteiger partial charge in [-0.15, -0.1) is 0 Å². The van der Waals surface area contributed by atoms with Crippen molar-refractivity contribution in [2.45, 2.75) is 0 Å². The fraction of sp³-hybridized carbons (Fsp3) is 0. The van der Waals surface area contributed by atoms with E-state index in [1.807, 2.05) is 30.3 Å². The van der Waals surface area contributed by atoms with Crippen molar-refractivity contribution in [3.05, 3.63) is 48.5 Å². The average molecular weight is 170 g/mol. The molecule has 0 aliphatic rings. The van der Waals surface area contributed by atoms with E-state index in [2.05, 4.69) is 6.58 Å². The van der Waals surface area contributed by atoms with E-state index in [-0.39, 0.29) is 0 Å². The van der Waals surface area contributed by atoms with Gasteiger partial charge in [0.2, 0.25) is 0 Å². The van der Waals surface area contributed by atoms with Crippen LogP contribution in [-0.4, -0.2) is 5.11 Å². The van der Waals surface area contributed by atoms with Crippen LogP contribution in [0.2, 0.25) is 0 Å². The van der Waals surface area contributed by atoms with Crippen molar-refractivity contribution < 1.29 is 5.11 Å². The summed E-state index contributed by atoms with van der Waals surface area (Å²) in [6, 6.07) is 11.5. The second kappa shape index (κ2) is 2.94. The van der Waals surface area contributed by atoms with Crippen molar-refractivity contribution in [1.82, 2.24) is 0 Å². The van der Waals surface area contributed by atoms with Gasteiger partial charge in [0.25, 0.3) is 0 Å². The maximum Gasteiger partial charge on any atom is 0.123 e. The Balaban J connectivity index is 2.84. The Morgan fingerprint density at radius 3 is 2.69 bits per heavy atom. The lowest BCUT2D eigenvalue weighted by Crippen LogP contribution is -1.76. The van der Waals surface area contributed by atoms with Gasteiger partial charge in [-0.05, 0) is 23.1 Å². The number of phenols is 1. The highest BCUT2D eigenvalue weighted by molar-refractivity contribution is 5.90. The molecule has 0 fully saturated rings. The Bertz CT molecular complexity index is 458. The van der Waals surface area contributed by atoms with Gasteiger partial charge >= 0.3 is 0 Å². The summed E-state index contributed by atoms with van der Waals surface area (Å²) in [5, 5.41) is 11.6. The lowest BCUT2D eigenvalue weighted by Gasteiger charge is -2.02. The molecule has 2 rings (SSSR count). The van der Waals surface area contributed by atoms with Gasteiger partial charge in [0.1, 0.15) is 5.75 Å². The number of aromatic hydroxyl groups is 1. The predicted octanol–water partition coefficient (Wildman–Crippen LogP) is 3.19. The molecule has 0 aromatic heterocycles. The molecule has 0 aliphatic carbocycles. The van der Waals surface area contributed by atoms with Crippen molar-refractivity contribution in [2.24, 2.45) is 0 Å². The molecule has 2 aromatic carbocycles. The van der Waals surface area contributed by atoms with Gasteiger partial charge in [-0.3, -0.25) is 0 Å². The third-order valence-corrected chi connectivity index (χ3v) is 2.10. The number of fused-ring (bicyclic) bond motifs is 1. The summed E-state index contributed by atoms with van der Waals surface area (Å²) in [5.41, 5.74) is 0.941. The van der Waals surface area contributed by atoms with E-state index in [0.717, 1.165) is 16.3 Å². The minimum atomic E-state index is 0.313. The molecule has 1 nitrogen and oxygen atoms in total. The van der Waals surface area contributed by atoms with E-state index < -0.39 is 0 Å². The van der Waals surface area contributed by atoms with Crippen LogP contribution in [0.5, 0.6) is 5.75 Å². The van der Waals surface area contributed by atoms with Gasteiger partial charge in [-0.2, -0.15) is 0 Å². The van der Waals surface area contributed by atoms with Gasteiger partial charge in [0.15, 0.2) is 0 Å². The van der Waals surface area contributed by atoms with Crippen molar-refractivity contribution in [3.63, 3.8) is 0 Å². The Kier molecular flexibility index (Phi) is 1.78. The SMILES string of the molecule is C=Cc1cc(O)c2ccccc2c1. The molecule has 64 valence electrons. The van der Waals surface area contributed by atoms with E-state index in [4.69, 9.17) is 0 Å². The van der Waals surface area contributed by atoms with Gasteiger partial charge < -0.3 is 5.11 Å². The fourth-order valence-corrected chi connectivity index (χ4v) is 1.43. The standard InChI is InChI=1S/C12H10O/c1-2-9-7-10-5-3-4-6-11(10)12(13)8-9/h2-8,13H,1H2. The summed E-state index contributed by atoms with van der Waals surface area (Å²) in [7, 11) is 0. The molecule has 0 aliphatic heterocycles. The minimum absolute atomic E-state index is 0.313. The molecule has 0 saturated heterocycles.